The Morgan fingerprint density at radius 3 is 2.65 bits per heavy atom. The zero-order valence-electron chi connectivity index (χ0n) is 9.23. The first-order valence-electron chi connectivity index (χ1n) is 5.52. The number of nitrogens with two attached hydrogens (primary N) is 1. The monoisotopic (exact) mass is 224 g/mol. The molecule has 1 aliphatic heterocycles. The zero-order valence-corrected chi connectivity index (χ0v) is 9.23. The molecule has 3 nitrogen and oxygen atoms in total. The van der Waals surface area contributed by atoms with E-state index in [-0.39, 0.29) is 5.78 Å². The molecule has 3 heteroatoms. The molecule has 0 amide bonds. The molecule has 2 aromatic carbocycles. The van der Waals surface area contributed by atoms with Crippen LogP contribution in [0.1, 0.15) is 21.5 Å². The molecule has 0 bridgehead atoms. The largest absolute Gasteiger partial charge is 0.398 e. The van der Waals surface area contributed by atoms with E-state index in [9.17, 15) is 4.79 Å². The van der Waals surface area contributed by atoms with Gasteiger partial charge in [-0.3, -0.25) is 4.79 Å². The summed E-state index contributed by atoms with van der Waals surface area (Å²) in [6, 6.07) is 13.0. The number of carbonyl (C=O) groups excluding carboxylic acids is 1. The van der Waals surface area contributed by atoms with Crippen LogP contribution in [0, 0.1) is 0 Å². The fraction of sp³-hybridized carbons (Fsp3) is 0.0714. The number of fused-ring (bicyclic) bond motifs is 2. The summed E-state index contributed by atoms with van der Waals surface area (Å²) in [5.74, 6) is 0.0351. The number of benzene rings is 2. The third kappa shape index (κ3) is 1.47. The minimum absolute atomic E-state index is 0.0351. The number of anilines is 2. The van der Waals surface area contributed by atoms with Gasteiger partial charge >= 0.3 is 0 Å². The molecule has 1 heterocycles. The lowest BCUT2D eigenvalue weighted by atomic mass is 9.98. The number of nitrogen functional groups attached to an aromatic ring is 1. The molecule has 0 aromatic heterocycles. The highest BCUT2D eigenvalue weighted by Gasteiger charge is 2.21. The van der Waals surface area contributed by atoms with Gasteiger partial charge in [0.1, 0.15) is 0 Å². The predicted molar refractivity (Wildman–Crippen MR) is 68.1 cm³/mol. The Bertz CT molecular complexity index is 605. The van der Waals surface area contributed by atoms with Crippen LogP contribution in [-0.4, -0.2) is 5.78 Å². The van der Waals surface area contributed by atoms with E-state index in [2.05, 4.69) is 5.32 Å². The van der Waals surface area contributed by atoms with E-state index in [1.807, 2.05) is 42.5 Å². The van der Waals surface area contributed by atoms with Crippen molar-refractivity contribution in [2.75, 3.05) is 11.1 Å². The van der Waals surface area contributed by atoms with E-state index < -0.39 is 0 Å². The molecule has 17 heavy (non-hydrogen) atoms. The van der Waals surface area contributed by atoms with Crippen LogP contribution in [0.5, 0.6) is 0 Å². The van der Waals surface area contributed by atoms with E-state index in [1.165, 1.54) is 0 Å². The first-order chi connectivity index (χ1) is 8.27. The number of nitrogens with one attached hydrogen (secondary N) is 1. The second-order valence-electron chi connectivity index (χ2n) is 4.10. The molecular formula is C14H12N2O. The summed E-state index contributed by atoms with van der Waals surface area (Å²) >= 11 is 0. The molecule has 0 spiro atoms. The lowest BCUT2D eigenvalue weighted by molar-refractivity contribution is 0.103. The van der Waals surface area contributed by atoms with Gasteiger partial charge in [-0.2, -0.15) is 0 Å². The van der Waals surface area contributed by atoms with Crippen LogP contribution in [0.4, 0.5) is 11.4 Å². The van der Waals surface area contributed by atoms with E-state index in [0.717, 1.165) is 11.3 Å². The lowest BCUT2D eigenvalue weighted by Crippen LogP contribution is -2.05. The summed E-state index contributed by atoms with van der Waals surface area (Å²) in [5.41, 5.74) is 9.73. The summed E-state index contributed by atoms with van der Waals surface area (Å²) in [6.45, 7) is 0.588. The molecule has 0 aliphatic carbocycles. The predicted octanol–water partition coefficient (Wildman–Crippen LogP) is 2.43. The summed E-state index contributed by atoms with van der Waals surface area (Å²) in [7, 11) is 0. The topological polar surface area (TPSA) is 55.1 Å². The van der Waals surface area contributed by atoms with Gasteiger partial charge in [0.15, 0.2) is 5.78 Å². The number of hydrogen-bond acceptors (Lipinski definition) is 3. The number of carbonyl (C=O) groups is 1. The smallest absolute Gasteiger partial charge is 0.195 e. The molecule has 3 rings (SSSR count). The third-order valence-corrected chi connectivity index (χ3v) is 3.08. The second kappa shape index (κ2) is 3.63. The first kappa shape index (κ1) is 9.90. The standard InChI is InChI=1S/C14H12N2O/c15-12-6-3-5-9-11(12)8-16-13-7-2-1-4-10(13)14(9)17/h1-7,16H,8,15H2. The van der Waals surface area contributed by atoms with Gasteiger partial charge in [0.2, 0.25) is 0 Å². The van der Waals surface area contributed by atoms with Crippen LogP contribution in [0.25, 0.3) is 0 Å². The fourth-order valence-electron chi connectivity index (χ4n) is 2.18. The van der Waals surface area contributed by atoms with Crippen LogP contribution in [-0.2, 0) is 6.54 Å². The Kier molecular flexibility index (Phi) is 2.11. The average molecular weight is 224 g/mol. The van der Waals surface area contributed by atoms with Crippen molar-refractivity contribution < 1.29 is 4.79 Å². The van der Waals surface area contributed by atoms with Crippen molar-refractivity contribution in [3.63, 3.8) is 0 Å². The van der Waals surface area contributed by atoms with Crippen LogP contribution < -0.4 is 11.1 Å². The Hall–Kier alpha value is -2.29. The zero-order chi connectivity index (χ0) is 11.8. The highest BCUT2D eigenvalue weighted by atomic mass is 16.1. The van der Waals surface area contributed by atoms with Gasteiger partial charge < -0.3 is 11.1 Å². The highest BCUT2D eigenvalue weighted by Crippen LogP contribution is 2.28. The van der Waals surface area contributed by atoms with Crippen LogP contribution in [0.3, 0.4) is 0 Å². The molecule has 3 N–H and O–H groups in total. The molecule has 2 aromatic rings. The maximum atomic E-state index is 12.4. The number of ketones is 1. The summed E-state index contributed by atoms with van der Waals surface area (Å²) in [6.07, 6.45) is 0. The fourth-order valence-corrected chi connectivity index (χ4v) is 2.18. The van der Waals surface area contributed by atoms with Gasteiger partial charge in [0.25, 0.3) is 0 Å². The molecule has 84 valence electrons. The minimum Gasteiger partial charge on any atom is -0.398 e. The molecule has 0 unspecified atom stereocenters. The van der Waals surface area contributed by atoms with E-state index in [1.54, 1.807) is 0 Å². The van der Waals surface area contributed by atoms with Crippen molar-refractivity contribution in [3.05, 3.63) is 59.2 Å². The van der Waals surface area contributed by atoms with Gasteiger partial charge in [0.05, 0.1) is 0 Å². The van der Waals surface area contributed by atoms with E-state index >= 15 is 0 Å². The minimum atomic E-state index is 0.0351. The molecule has 0 radical (unpaired) electrons. The van der Waals surface area contributed by atoms with Crippen LogP contribution in [0.2, 0.25) is 0 Å². The van der Waals surface area contributed by atoms with Crippen LogP contribution >= 0.6 is 0 Å². The Morgan fingerprint density at radius 2 is 1.76 bits per heavy atom. The van der Waals surface area contributed by atoms with Crippen molar-refractivity contribution in [1.29, 1.82) is 0 Å². The molecule has 0 saturated carbocycles. The van der Waals surface area contributed by atoms with Gasteiger partial charge in [-0.05, 0) is 18.2 Å². The van der Waals surface area contributed by atoms with Gasteiger partial charge in [0, 0.05) is 34.6 Å². The highest BCUT2D eigenvalue weighted by molar-refractivity contribution is 6.14. The third-order valence-electron chi connectivity index (χ3n) is 3.08. The summed E-state index contributed by atoms with van der Waals surface area (Å²) < 4.78 is 0. The normalized spacial score (nSPS) is 13.3. The van der Waals surface area contributed by atoms with Crippen molar-refractivity contribution in [2.24, 2.45) is 0 Å². The van der Waals surface area contributed by atoms with Crippen molar-refractivity contribution in [1.82, 2.24) is 0 Å². The number of para-hydroxylation sites is 1. The Morgan fingerprint density at radius 1 is 1.00 bits per heavy atom. The number of rotatable bonds is 0. The van der Waals surface area contributed by atoms with Gasteiger partial charge in [-0.1, -0.05) is 24.3 Å². The van der Waals surface area contributed by atoms with Crippen molar-refractivity contribution >= 4 is 17.2 Å². The maximum Gasteiger partial charge on any atom is 0.195 e. The molecule has 1 aliphatic rings. The van der Waals surface area contributed by atoms with Crippen molar-refractivity contribution in [2.45, 2.75) is 6.54 Å². The Labute approximate surface area is 99.3 Å². The SMILES string of the molecule is Nc1cccc2c1CNc1ccccc1C2=O. The lowest BCUT2D eigenvalue weighted by Gasteiger charge is -2.07. The quantitative estimate of drug-likeness (QED) is 0.676. The number of hydrogen-bond donors (Lipinski definition) is 2. The molecule has 0 fully saturated rings. The van der Waals surface area contributed by atoms with Gasteiger partial charge in [-0.25, -0.2) is 0 Å². The second-order valence-corrected chi connectivity index (χ2v) is 4.10. The van der Waals surface area contributed by atoms with Gasteiger partial charge in [-0.15, -0.1) is 0 Å². The Balaban J connectivity index is 2.24. The first-order valence-corrected chi connectivity index (χ1v) is 5.52. The van der Waals surface area contributed by atoms with E-state index in [0.29, 0.717) is 23.4 Å². The summed E-state index contributed by atoms with van der Waals surface area (Å²) in [5, 5.41) is 3.25. The van der Waals surface area contributed by atoms with E-state index in [4.69, 9.17) is 5.73 Å². The molecule has 0 saturated heterocycles. The van der Waals surface area contributed by atoms with Crippen LogP contribution in [0.15, 0.2) is 42.5 Å². The molecular weight excluding hydrogens is 212 g/mol. The maximum absolute atomic E-state index is 12.4. The average Bonchev–Trinajstić information content (AvgIpc) is 2.50. The summed E-state index contributed by atoms with van der Waals surface area (Å²) in [4.78, 5) is 12.4. The molecule has 0 atom stereocenters. The van der Waals surface area contributed by atoms with Crippen molar-refractivity contribution in [3.8, 4) is 0 Å².